The highest BCUT2D eigenvalue weighted by Crippen LogP contribution is 2.26. The van der Waals surface area contributed by atoms with Crippen LogP contribution >= 0.6 is 23.2 Å². The van der Waals surface area contributed by atoms with Crippen LogP contribution in [-0.4, -0.2) is 32.7 Å². The van der Waals surface area contributed by atoms with Crippen molar-refractivity contribution in [1.29, 1.82) is 0 Å². The van der Waals surface area contributed by atoms with Gasteiger partial charge in [-0.2, -0.15) is 0 Å². The smallest absolute Gasteiger partial charge is 0.307 e. The molecule has 29 heavy (non-hydrogen) atoms. The van der Waals surface area contributed by atoms with Crippen molar-refractivity contribution < 1.29 is 22.7 Å². The van der Waals surface area contributed by atoms with Gasteiger partial charge in [-0.1, -0.05) is 47.0 Å². The van der Waals surface area contributed by atoms with Gasteiger partial charge in [0.05, 0.1) is 23.1 Å². The number of esters is 1. The summed E-state index contributed by atoms with van der Waals surface area (Å²) >= 11 is 11.9. The quantitative estimate of drug-likeness (QED) is 0.607. The molecule has 0 bridgehead atoms. The number of benzene rings is 2. The van der Waals surface area contributed by atoms with E-state index < -0.39 is 40.1 Å². The summed E-state index contributed by atoms with van der Waals surface area (Å²) in [5.41, 5.74) is 1.60. The fourth-order valence-electron chi connectivity index (χ4n) is 2.51. The van der Waals surface area contributed by atoms with E-state index >= 15 is 0 Å². The Labute approximate surface area is 180 Å². The number of carbonyl (C=O) groups excluding carboxylic acids is 2. The van der Waals surface area contributed by atoms with Crippen molar-refractivity contribution in [3.05, 3.63) is 63.6 Å². The lowest BCUT2D eigenvalue weighted by Gasteiger charge is -2.16. The van der Waals surface area contributed by atoms with Crippen LogP contribution in [0.2, 0.25) is 10.0 Å². The molecule has 6 nitrogen and oxygen atoms in total. The molecule has 1 atom stereocenters. The van der Waals surface area contributed by atoms with Gasteiger partial charge >= 0.3 is 5.97 Å². The second-order valence-electron chi connectivity index (χ2n) is 6.50. The number of carbonyl (C=O) groups is 2. The van der Waals surface area contributed by atoms with Crippen LogP contribution in [0.1, 0.15) is 30.5 Å². The summed E-state index contributed by atoms with van der Waals surface area (Å²) in [5, 5.41) is 3.54. The number of amides is 1. The first kappa shape index (κ1) is 23.2. The first-order chi connectivity index (χ1) is 13.6. The standard InChI is InChI=1S/C20H21Cl2NO5S/c1-13-3-6-16(7-4-13)29(26,27)10-9-20(25)28-12-19(24)23-14(2)17-8-5-15(21)11-18(17)22/h3-8,11,14H,9-10,12H2,1-2H3,(H,23,24). The lowest BCUT2D eigenvalue weighted by molar-refractivity contribution is -0.148. The number of nitrogens with one attached hydrogen (secondary N) is 1. The highest BCUT2D eigenvalue weighted by molar-refractivity contribution is 7.91. The van der Waals surface area contributed by atoms with E-state index in [1.807, 2.05) is 6.92 Å². The van der Waals surface area contributed by atoms with Crippen LogP contribution in [0.25, 0.3) is 0 Å². The predicted molar refractivity (Wildman–Crippen MR) is 112 cm³/mol. The van der Waals surface area contributed by atoms with Gasteiger partial charge in [0, 0.05) is 10.0 Å². The molecule has 2 aromatic carbocycles. The third-order valence-electron chi connectivity index (χ3n) is 4.13. The highest BCUT2D eigenvalue weighted by atomic mass is 35.5. The van der Waals surface area contributed by atoms with Gasteiger partial charge in [-0.05, 0) is 43.7 Å². The molecular weight excluding hydrogens is 437 g/mol. The minimum atomic E-state index is -3.60. The summed E-state index contributed by atoms with van der Waals surface area (Å²) in [6, 6.07) is 10.8. The zero-order valence-electron chi connectivity index (χ0n) is 15.9. The van der Waals surface area contributed by atoms with Gasteiger partial charge in [-0.25, -0.2) is 8.42 Å². The fraction of sp³-hybridized carbons (Fsp3) is 0.300. The van der Waals surface area contributed by atoms with Crippen LogP contribution < -0.4 is 5.32 Å². The van der Waals surface area contributed by atoms with Crippen molar-refractivity contribution in [2.24, 2.45) is 0 Å². The average molecular weight is 458 g/mol. The summed E-state index contributed by atoms with van der Waals surface area (Å²) in [6.07, 6.45) is -0.345. The predicted octanol–water partition coefficient (Wildman–Crippen LogP) is 3.89. The molecular formula is C20H21Cl2NO5S. The van der Waals surface area contributed by atoms with Gasteiger partial charge in [-0.3, -0.25) is 9.59 Å². The van der Waals surface area contributed by atoms with E-state index in [1.54, 1.807) is 37.3 Å². The molecule has 2 aromatic rings. The monoisotopic (exact) mass is 457 g/mol. The molecule has 2 rings (SSSR count). The number of rotatable bonds is 8. The van der Waals surface area contributed by atoms with Crippen molar-refractivity contribution in [3.63, 3.8) is 0 Å². The molecule has 1 unspecified atom stereocenters. The molecule has 0 heterocycles. The number of sulfone groups is 1. The number of ether oxygens (including phenoxy) is 1. The summed E-state index contributed by atoms with van der Waals surface area (Å²) in [7, 11) is -3.60. The molecule has 0 aromatic heterocycles. The Kier molecular flexibility index (Phi) is 8.07. The van der Waals surface area contributed by atoms with Crippen molar-refractivity contribution >= 4 is 44.9 Å². The van der Waals surface area contributed by atoms with Crippen LogP contribution in [0.5, 0.6) is 0 Å². The topological polar surface area (TPSA) is 89.5 Å². The molecule has 0 saturated heterocycles. The second-order valence-corrected chi connectivity index (χ2v) is 9.45. The Balaban J connectivity index is 1.81. The number of hydrogen-bond acceptors (Lipinski definition) is 5. The molecule has 0 fully saturated rings. The normalized spacial score (nSPS) is 12.3. The molecule has 0 saturated carbocycles. The first-order valence-electron chi connectivity index (χ1n) is 8.78. The number of hydrogen-bond donors (Lipinski definition) is 1. The van der Waals surface area contributed by atoms with Crippen LogP contribution in [0.4, 0.5) is 0 Å². The maximum Gasteiger partial charge on any atom is 0.307 e. The van der Waals surface area contributed by atoms with Crippen molar-refractivity contribution in [2.45, 2.75) is 31.2 Å². The Morgan fingerprint density at radius 2 is 1.76 bits per heavy atom. The van der Waals surface area contributed by atoms with Crippen LogP contribution in [0.3, 0.4) is 0 Å². The third kappa shape index (κ3) is 7.03. The van der Waals surface area contributed by atoms with E-state index in [1.165, 1.54) is 12.1 Å². The molecule has 9 heteroatoms. The lowest BCUT2D eigenvalue weighted by atomic mass is 10.1. The van der Waals surface area contributed by atoms with E-state index in [2.05, 4.69) is 5.32 Å². The first-order valence-corrected chi connectivity index (χ1v) is 11.2. The van der Waals surface area contributed by atoms with E-state index in [4.69, 9.17) is 27.9 Å². The number of aryl methyl sites for hydroxylation is 1. The molecule has 1 N–H and O–H groups in total. The molecule has 156 valence electrons. The number of halogens is 2. The van der Waals surface area contributed by atoms with E-state index in [-0.39, 0.29) is 11.3 Å². The van der Waals surface area contributed by atoms with Gasteiger partial charge in [-0.15, -0.1) is 0 Å². The zero-order chi connectivity index (χ0) is 21.6. The van der Waals surface area contributed by atoms with Crippen molar-refractivity contribution in [3.8, 4) is 0 Å². The molecule has 0 aliphatic heterocycles. The Morgan fingerprint density at radius 1 is 1.10 bits per heavy atom. The molecule has 0 aliphatic rings. The Bertz CT molecular complexity index is 990. The Morgan fingerprint density at radius 3 is 2.38 bits per heavy atom. The van der Waals surface area contributed by atoms with Crippen LogP contribution in [0.15, 0.2) is 47.4 Å². The lowest BCUT2D eigenvalue weighted by Crippen LogP contribution is -2.31. The van der Waals surface area contributed by atoms with Crippen LogP contribution in [-0.2, 0) is 24.2 Å². The van der Waals surface area contributed by atoms with Crippen molar-refractivity contribution in [2.75, 3.05) is 12.4 Å². The maximum atomic E-state index is 12.2. The largest absolute Gasteiger partial charge is 0.456 e. The SMILES string of the molecule is Cc1ccc(S(=O)(=O)CCC(=O)OCC(=O)NC(C)c2ccc(Cl)cc2Cl)cc1. The summed E-state index contributed by atoms with van der Waals surface area (Å²) in [4.78, 5) is 24.0. The van der Waals surface area contributed by atoms with Crippen LogP contribution in [0, 0.1) is 6.92 Å². The Hall–Kier alpha value is -2.09. The maximum absolute atomic E-state index is 12.2. The zero-order valence-corrected chi connectivity index (χ0v) is 18.3. The highest BCUT2D eigenvalue weighted by Gasteiger charge is 2.18. The summed E-state index contributed by atoms with van der Waals surface area (Å²) < 4.78 is 29.3. The second kappa shape index (κ2) is 10.1. The average Bonchev–Trinajstić information content (AvgIpc) is 2.65. The molecule has 1 amide bonds. The van der Waals surface area contributed by atoms with Gasteiger partial charge in [0.15, 0.2) is 16.4 Å². The molecule has 0 radical (unpaired) electrons. The van der Waals surface area contributed by atoms with E-state index in [0.29, 0.717) is 15.6 Å². The summed E-state index contributed by atoms with van der Waals surface area (Å²) in [5.74, 6) is -1.70. The third-order valence-corrected chi connectivity index (χ3v) is 6.42. The van der Waals surface area contributed by atoms with Gasteiger partial charge in [0.25, 0.3) is 5.91 Å². The van der Waals surface area contributed by atoms with E-state index in [0.717, 1.165) is 5.56 Å². The van der Waals surface area contributed by atoms with Gasteiger partial charge in [0.2, 0.25) is 0 Å². The minimum absolute atomic E-state index is 0.141. The van der Waals surface area contributed by atoms with E-state index in [9.17, 15) is 18.0 Å². The molecule has 0 spiro atoms. The minimum Gasteiger partial charge on any atom is -0.456 e. The van der Waals surface area contributed by atoms with Crippen molar-refractivity contribution in [1.82, 2.24) is 5.32 Å². The fourth-order valence-corrected chi connectivity index (χ4v) is 4.31. The summed E-state index contributed by atoms with van der Waals surface area (Å²) in [6.45, 7) is 3.06. The van der Waals surface area contributed by atoms with Gasteiger partial charge < -0.3 is 10.1 Å². The molecule has 0 aliphatic carbocycles. The van der Waals surface area contributed by atoms with Gasteiger partial charge in [0.1, 0.15) is 0 Å².